The molecule has 33 heavy (non-hydrogen) atoms. The van der Waals surface area contributed by atoms with E-state index in [1.54, 1.807) is 31.5 Å². The number of hydrogen-bond acceptors (Lipinski definition) is 5. The molecular weight excluding hydrogens is 419 g/mol. The summed E-state index contributed by atoms with van der Waals surface area (Å²) in [5.41, 5.74) is 3.31. The van der Waals surface area contributed by atoms with E-state index in [1.165, 1.54) is 12.1 Å². The van der Waals surface area contributed by atoms with E-state index in [9.17, 15) is 9.18 Å². The lowest BCUT2D eigenvalue weighted by Crippen LogP contribution is -2.33. The van der Waals surface area contributed by atoms with Crippen LogP contribution in [0.4, 0.5) is 10.2 Å². The lowest BCUT2D eigenvalue weighted by atomic mass is 10.2. The van der Waals surface area contributed by atoms with Crippen molar-refractivity contribution in [3.63, 3.8) is 0 Å². The molecule has 5 rings (SSSR count). The fraction of sp³-hybridized carbons (Fsp3) is 0.280. The quantitative estimate of drug-likeness (QED) is 0.469. The molecule has 170 valence electrons. The molecule has 1 fully saturated rings. The molecule has 1 saturated heterocycles. The average Bonchev–Trinajstić information content (AvgIpc) is 3.01. The van der Waals surface area contributed by atoms with Gasteiger partial charge < -0.3 is 9.80 Å². The van der Waals surface area contributed by atoms with E-state index < -0.39 is 0 Å². The van der Waals surface area contributed by atoms with Gasteiger partial charge in [-0.15, -0.1) is 0 Å². The molecule has 0 N–H and O–H groups in total. The van der Waals surface area contributed by atoms with Crippen LogP contribution < -0.4 is 4.90 Å². The summed E-state index contributed by atoms with van der Waals surface area (Å²) in [6, 6.07) is 12.2. The zero-order valence-electron chi connectivity index (χ0n) is 17.8. The number of anilines is 1. The third-order valence-corrected chi connectivity index (χ3v) is 5.81. The molecule has 1 amide bonds. The second-order valence-electron chi connectivity index (χ2n) is 7.86. The van der Waals surface area contributed by atoms with Crippen molar-refractivity contribution in [2.75, 3.05) is 31.1 Å². The minimum Gasteiger partial charge on any atom is -0.355 e. The first-order valence-corrected chi connectivity index (χ1v) is 10.7. The fourth-order valence-corrected chi connectivity index (χ4v) is 4.14. The Kier molecular flexibility index (Phi) is 6.35. The lowest BCUT2D eigenvalue weighted by molar-refractivity contribution is -0.128. The molecule has 0 radical (unpaired) electrons. The highest BCUT2D eigenvalue weighted by Crippen LogP contribution is 2.29. The van der Waals surface area contributed by atoms with Crippen LogP contribution >= 0.6 is 0 Å². The van der Waals surface area contributed by atoms with Crippen LogP contribution in [0.25, 0.3) is 28.1 Å². The first kappa shape index (κ1) is 22.4. The average molecular weight is 447 g/mol. The van der Waals surface area contributed by atoms with Gasteiger partial charge in [-0.05, 0) is 48.9 Å². The van der Waals surface area contributed by atoms with Gasteiger partial charge in [-0.1, -0.05) is 7.43 Å². The van der Waals surface area contributed by atoms with E-state index in [4.69, 9.17) is 9.97 Å². The Bertz CT molecular complexity index is 1250. The van der Waals surface area contributed by atoms with Crippen molar-refractivity contribution in [1.82, 2.24) is 24.4 Å². The molecule has 1 aromatic carbocycles. The maximum absolute atomic E-state index is 13.5. The van der Waals surface area contributed by atoms with Crippen LogP contribution in [-0.2, 0) is 4.79 Å². The number of hydrogen-bond donors (Lipinski definition) is 0. The molecular formula is C25H27FN6O. The van der Waals surface area contributed by atoms with Crippen molar-refractivity contribution < 1.29 is 9.18 Å². The molecule has 8 heteroatoms. The number of aromatic nitrogens is 4. The normalized spacial score (nSPS) is 14.1. The van der Waals surface area contributed by atoms with Crippen LogP contribution in [0.15, 0.2) is 61.1 Å². The SMILES string of the molecule is C.CC(=O)N1CCCN(c2ccc(-c3nc4ccncc4n3-c3ccc(F)cc3)cn2)CC1. The van der Waals surface area contributed by atoms with E-state index in [0.29, 0.717) is 6.54 Å². The predicted molar refractivity (Wildman–Crippen MR) is 128 cm³/mol. The summed E-state index contributed by atoms with van der Waals surface area (Å²) in [5, 5.41) is 0. The van der Waals surface area contributed by atoms with Crippen molar-refractivity contribution >= 4 is 22.8 Å². The van der Waals surface area contributed by atoms with Crippen LogP contribution in [0, 0.1) is 5.82 Å². The highest BCUT2D eigenvalue weighted by atomic mass is 19.1. The molecule has 0 aliphatic carbocycles. The van der Waals surface area contributed by atoms with Gasteiger partial charge in [0.25, 0.3) is 0 Å². The molecule has 0 spiro atoms. The van der Waals surface area contributed by atoms with Gasteiger partial charge in [0.1, 0.15) is 17.5 Å². The summed E-state index contributed by atoms with van der Waals surface area (Å²) < 4.78 is 15.5. The number of fused-ring (bicyclic) bond motifs is 1. The zero-order chi connectivity index (χ0) is 22.1. The van der Waals surface area contributed by atoms with Crippen molar-refractivity contribution in [1.29, 1.82) is 0 Å². The van der Waals surface area contributed by atoms with Crippen LogP contribution in [0.5, 0.6) is 0 Å². The third-order valence-electron chi connectivity index (χ3n) is 5.81. The van der Waals surface area contributed by atoms with Gasteiger partial charge in [-0.2, -0.15) is 0 Å². The molecule has 1 aliphatic heterocycles. The largest absolute Gasteiger partial charge is 0.355 e. The van der Waals surface area contributed by atoms with Gasteiger partial charge in [0, 0.05) is 56.7 Å². The number of imidazole rings is 1. The molecule has 0 atom stereocenters. The second-order valence-corrected chi connectivity index (χ2v) is 7.86. The standard InChI is InChI=1S/C24H23FN6O.CH4/c1-17(32)29-11-2-12-30(14-13-29)23-8-3-18(15-27-23)24-28-21-9-10-26-16-22(21)31(24)20-6-4-19(25)5-7-20;/h3-10,15-16H,2,11-14H2,1H3;1H4. The molecule has 4 heterocycles. The summed E-state index contributed by atoms with van der Waals surface area (Å²) in [7, 11) is 0. The summed E-state index contributed by atoms with van der Waals surface area (Å²) in [6.07, 6.45) is 6.20. The smallest absolute Gasteiger partial charge is 0.219 e. The van der Waals surface area contributed by atoms with E-state index in [2.05, 4.69) is 9.88 Å². The Morgan fingerprint density at radius 3 is 2.52 bits per heavy atom. The van der Waals surface area contributed by atoms with Crippen LogP contribution in [0.2, 0.25) is 0 Å². The van der Waals surface area contributed by atoms with Crippen molar-refractivity contribution in [3.8, 4) is 17.1 Å². The lowest BCUT2D eigenvalue weighted by Gasteiger charge is -2.22. The molecule has 3 aromatic heterocycles. The van der Waals surface area contributed by atoms with Gasteiger partial charge in [0.2, 0.25) is 5.91 Å². The molecule has 4 aromatic rings. The van der Waals surface area contributed by atoms with Crippen molar-refractivity contribution in [2.45, 2.75) is 20.8 Å². The van der Waals surface area contributed by atoms with Gasteiger partial charge in [0.05, 0.1) is 17.2 Å². The number of rotatable bonds is 3. The monoisotopic (exact) mass is 446 g/mol. The number of carbonyl (C=O) groups is 1. The first-order valence-electron chi connectivity index (χ1n) is 10.7. The Labute approximate surface area is 192 Å². The van der Waals surface area contributed by atoms with Crippen LogP contribution in [0.1, 0.15) is 20.8 Å². The van der Waals surface area contributed by atoms with Gasteiger partial charge >= 0.3 is 0 Å². The molecule has 7 nitrogen and oxygen atoms in total. The summed E-state index contributed by atoms with van der Waals surface area (Å²) in [5.74, 6) is 1.43. The van der Waals surface area contributed by atoms with Gasteiger partial charge in [0.15, 0.2) is 0 Å². The zero-order valence-corrected chi connectivity index (χ0v) is 17.8. The minimum absolute atomic E-state index is 0. The predicted octanol–water partition coefficient (Wildman–Crippen LogP) is 4.32. The molecule has 1 aliphatic rings. The number of nitrogens with zero attached hydrogens (tertiary/aromatic N) is 6. The van der Waals surface area contributed by atoms with Gasteiger partial charge in [-0.25, -0.2) is 14.4 Å². The van der Waals surface area contributed by atoms with Crippen LogP contribution in [-0.4, -0.2) is 56.5 Å². The molecule has 0 unspecified atom stereocenters. The Morgan fingerprint density at radius 1 is 0.970 bits per heavy atom. The maximum Gasteiger partial charge on any atom is 0.219 e. The van der Waals surface area contributed by atoms with Crippen molar-refractivity contribution in [2.24, 2.45) is 0 Å². The topological polar surface area (TPSA) is 67.2 Å². The number of benzene rings is 1. The van der Waals surface area contributed by atoms with E-state index in [1.807, 2.05) is 33.9 Å². The highest BCUT2D eigenvalue weighted by molar-refractivity contribution is 5.82. The number of halogens is 1. The number of carbonyl (C=O) groups excluding carboxylic acids is 1. The Hall–Kier alpha value is -3.81. The summed E-state index contributed by atoms with van der Waals surface area (Å²) in [4.78, 5) is 29.5. The first-order chi connectivity index (χ1) is 15.6. The highest BCUT2D eigenvalue weighted by Gasteiger charge is 2.19. The Balaban J connectivity index is 0.00000259. The molecule has 0 bridgehead atoms. The van der Waals surface area contributed by atoms with Crippen molar-refractivity contribution in [3.05, 3.63) is 66.9 Å². The van der Waals surface area contributed by atoms with Gasteiger partial charge in [-0.3, -0.25) is 14.3 Å². The molecule has 0 saturated carbocycles. The third kappa shape index (κ3) is 4.41. The number of pyridine rings is 2. The number of amides is 1. The fourth-order valence-electron chi connectivity index (χ4n) is 4.14. The second kappa shape index (κ2) is 9.36. The van der Waals surface area contributed by atoms with E-state index in [0.717, 1.165) is 60.0 Å². The van der Waals surface area contributed by atoms with Crippen LogP contribution in [0.3, 0.4) is 0 Å². The van der Waals surface area contributed by atoms with E-state index >= 15 is 0 Å². The maximum atomic E-state index is 13.5. The minimum atomic E-state index is -0.287. The summed E-state index contributed by atoms with van der Waals surface area (Å²) in [6.45, 7) is 4.71. The summed E-state index contributed by atoms with van der Waals surface area (Å²) >= 11 is 0. The Morgan fingerprint density at radius 2 is 1.79 bits per heavy atom. The van der Waals surface area contributed by atoms with E-state index in [-0.39, 0.29) is 19.2 Å².